The first-order chi connectivity index (χ1) is 4.34. The average Bonchev–Trinajstić information content (AvgIpc) is 2.37. The molecule has 1 rings (SSSR count). The summed E-state index contributed by atoms with van der Waals surface area (Å²) in [6, 6.07) is 3.28. The summed E-state index contributed by atoms with van der Waals surface area (Å²) in [5, 5.41) is 2.43. The third-order valence-electron chi connectivity index (χ3n) is 0.972. The zero-order valence-electron chi connectivity index (χ0n) is 5.05. The molecule has 0 saturated heterocycles. The molecule has 50 valence electrons. The van der Waals surface area contributed by atoms with E-state index >= 15 is 0 Å². The van der Waals surface area contributed by atoms with E-state index in [1.807, 2.05) is 0 Å². The number of amides is 1. The van der Waals surface area contributed by atoms with E-state index in [0.29, 0.717) is 5.76 Å². The second kappa shape index (κ2) is 2.35. The van der Waals surface area contributed by atoms with Gasteiger partial charge < -0.3 is 9.73 Å². The van der Waals surface area contributed by atoms with Gasteiger partial charge in [-0.05, 0) is 12.1 Å². The molecule has 3 heteroatoms. The Morgan fingerprint density at radius 1 is 1.89 bits per heavy atom. The highest BCUT2D eigenvalue weighted by Gasteiger charge is 2.02. The fourth-order valence-electron chi connectivity index (χ4n) is 0.531. The van der Waals surface area contributed by atoms with Crippen LogP contribution in [-0.2, 0) is 0 Å². The summed E-state index contributed by atoms with van der Waals surface area (Å²) in [6.45, 7) is 0. The third-order valence-corrected chi connectivity index (χ3v) is 0.972. The third kappa shape index (κ3) is 1.10. The van der Waals surface area contributed by atoms with Crippen molar-refractivity contribution in [3.63, 3.8) is 0 Å². The molecule has 0 unspecified atom stereocenters. The van der Waals surface area contributed by atoms with Crippen LogP contribution in [0, 0.1) is 0 Å². The predicted molar refractivity (Wildman–Crippen MR) is 34.2 cm³/mol. The number of carbonyl (C=O) groups excluding carboxylic acids is 1. The Balaban J connectivity index is 0.000000810. The largest absolute Gasteiger partial charge is 0.459 e. The molecule has 0 bridgehead atoms. The maximum atomic E-state index is 10.7. The van der Waals surface area contributed by atoms with Gasteiger partial charge in [-0.15, -0.1) is 0 Å². The smallest absolute Gasteiger partial charge is 0.286 e. The van der Waals surface area contributed by atoms with Crippen LogP contribution in [0.5, 0.6) is 0 Å². The van der Waals surface area contributed by atoms with Crippen molar-refractivity contribution in [3.05, 3.63) is 24.2 Å². The fraction of sp³-hybridized carbons (Fsp3) is 0.167. The highest BCUT2D eigenvalue weighted by Crippen LogP contribution is 1.97. The second-order valence-corrected chi connectivity index (χ2v) is 1.56. The monoisotopic (exact) mass is 127 g/mol. The maximum Gasteiger partial charge on any atom is 0.286 e. The molecule has 0 atom stereocenters. The predicted octanol–water partition coefficient (Wildman–Crippen LogP) is 0.885. The van der Waals surface area contributed by atoms with E-state index in [-0.39, 0.29) is 7.33 Å². The van der Waals surface area contributed by atoms with E-state index in [9.17, 15) is 4.79 Å². The average molecular weight is 127 g/mol. The Labute approximate surface area is 54.2 Å². The molecule has 0 spiro atoms. The van der Waals surface area contributed by atoms with Gasteiger partial charge in [-0.2, -0.15) is 0 Å². The molecule has 0 fully saturated rings. The molecule has 0 aliphatic heterocycles. The molecule has 0 aliphatic rings. The Hall–Kier alpha value is -1.25. The quantitative estimate of drug-likeness (QED) is 0.608. The lowest BCUT2D eigenvalue weighted by Crippen LogP contribution is -2.16. The van der Waals surface area contributed by atoms with Crippen molar-refractivity contribution in [1.82, 2.24) is 5.32 Å². The minimum absolute atomic E-state index is 0. The van der Waals surface area contributed by atoms with Crippen LogP contribution in [0.15, 0.2) is 22.8 Å². The second-order valence-electron chi connectivity index (χ2n) is 1.56. The van der Waals surface area contributed by atoms with Gasteiger partial charge in [-0.1, -0.05) is 0 Å². The topological polar surface area (TPSA) is 42.2 Å². The van der Waals surface area contributed by atoms with E-state index in [2.05, 4.69) is 5.32 Å². The van der Waals surface area contributed by atoms with Crippen LogP contribution in [0.4, 0.5) is 0 Å². The molecule has 1 amide bonds. The summed E-state index contributed by atoms with van der Waals surface area (Å²) < 4.78 is 4.77. The summed E-state index contributed by atoms with van der Waals surface area (Å²) in [6.07, 6.45) is 1.46. The van der Waals surface area contributed by atoms with Crippen molar-refractivity contribution in [1.29, 1.82) is 0 Å². The van der Waals surface area contributed by atoms with Gasteiger partial charge >= 0.3 is 0 Å². The zero-order valence-corrected chi connectivity index (χ0v) is 5.05. The van der Waals surface area contributed by atoms with Crippen molar-refractivity contribution < 1.29 is 10.6 Å². The summed E-state index contributed by atoms with van der Waals surface area (Å²) in [7, 11) is 1.56. The van der Waals surface area contributed by atoms with Gasteiger partial charge in [-0.25, -0.2) is 0 Å². The van der Waals surface area contributed by atoms with Crippen molar-refractivity contribution in [2.45, 2.75) is 0 Å². The van der Waals surface area contributed by atoms with Crippen molar-refractivity contribution in [3.8, 4) is 0 Å². The van der Waals surface area contributed by atoms with Crippen molar-refractivity contribution >= 4 is 5.91 Å². The lowest BCUT2D eigenvalue weighted by molar-refractivity contribution is 0.0935. The summed E-state index contributed by atoms with van der Waals surface area (Å²) >= 11 is 0. The van der Waals surface area contributed by atoms with Crippen LogP contribution in [0.2, 0.25) is 0 Å². The number of rotatable bonds is 1. The van der Waals surface area contributed by atoms with E-state index in [0.717, 1.165) is 0 Å². The normalized spacial score (nSPS) is 9.00. The Kier molecular flexibility index (Phi) is 1.53. The van der Waals surface area contributed by atoms with Gasteiger partial charge in [0.15, 0.2) is 5.76 Å². The fourth-order valence-corrected chi connectivity index (χ4v) is 0.531. The lowest BCUT2D eigenvalue weighted by atomic mass is 10.4. The number of carbonyl (C=O) groups is 1. The molecule has 1 aromatic rings. The standard InChI is InChI=1S/C6H7NO2.H2/c1-7-6(8)5-3-2-4-9-5;/h2-4H,1H3,(H,7,8);1H. The van der Waals surface area contributed by atoms with E-state index in [4.69, 9.17) is 4.42 Å². The first-order valence-electron chi connectivity index (χ1n) is 2.60. The Morgan fingerprint density at radius 3 is 3.11 bits per heavy atom. The molecule has 0 radical (unpaired) electrons. The SMILES string of the molecule is CNC(=O)c1ccco1.[HH]. The molecule has 0 aromatic carbocycles. The first-order valence-corrected chi connectivity index (χ1v) is 2.60. The Bertz CT molecular complexity index is 196. The van der Waals surface area contributed by atoms with Crippen molar-refractivity contribution in [2.24, 2.45) is 0 Å². The van der Waals surface area contributed by atoms with Crippen molar-refractivity contribution in [2.75, 3.05) is 7.05 Å². The minimum Gasteiger partial charge on any atom is -0.459 e. The zero-order chi connectivity index (χ0) is 6.69. The summed E-state index contributed by atoms with van der Waals surface area (Å²) in [4.78, 5) is 10.7. The molecular weight excluding hydrogens is 118 g/mol. The first kappa shape index (κ1) is 5.88. The van der Waals surface area contributed by atoms with E-state index in [1.54, 1.807) is 19.2 Å². The van der Waals surface area contributed by atoms with Crippen LogP contribution >= 0.6 is 0 Å². The molecule has 1 N–H and O–H groups in total. The summed E-state index contributed by atoms with van der Waals surface area (Å²) in [5.74, 6) is 0.150. The highest BCUT2D eigenvalue weighted by atomic mass is 16.3. The molecule has 1 aromatic heterocycles. The molecule has 0 aliphatic carbocycles. The van der Waals surface area contributed by atoms with E-state index in [1.165, 1.54) is 6.26 Å². The van der Waals surface area contributed by atoms with Crippen LogP contribution < -0.4 is 5.32 Å². The minimum atomic E-state index is -0.194. The van der Waals surface area contributed by atoms with Gasteiger partial charge in [0, 0.05) is 8.47 Å². The molecule has 0 saturated carbocycles. The summed E-state index contributed by atoms with van der Waals surface area (Å²) in [5.41, 5.74) is 0. The van der Waals surface area contributed by atoms with Crippen LogP contribution in [0.25, 0.3) is 0 Å². The number of furan rings is 1. The molecular formula is C6H9NO2. The lowest BCUT2D eigenvalue weighted by Gasteiger charge is -1.90. The van der Waals surface area contributed by atoms with Gasteiger partial charge in [0.25, 0.3) is 5.91 Å². The van der Waals surface area contributed by atoms with Gasteiger partial charge in [0.05, 0.1) is 6.26 Å². The Morgan fingerprint density at radius 2 is 2.67 bits per heavy atom. The highest BCUT2D eigenvalue weighted by molar-refractivity contribution is 5.91. The van der Waals surface area contributed by atoms with Crippen LogP contribution in [-0.4, -0.2) is 13.0 Å². The number of nitrogens with one attached hydrogen (secondary N) is 1. The van der Waals surface area contributed by atoms with Crippen LogP contribution in [0.3, 0.4) is 0 Å². The molecule has 3 nitrogen and oxygen atoms in total. The number of hydrogen-bond acceptors (Lipinski definition) is 2. The van der Waals surface area contributed by atoms with Crippen LogP contribution in [0.1, 0.15) is 12.0 Å². The maximum absolute atomic E-state index is 10.7. The molecule has 1 heterocycles. The molecule has 9 heavy (non-hydrogen) atoms. The van der Waals surface area contributed by atoms with Gasteiger partial charge in [0.1, 0.15) is 0 Å². The van der Waals surface area contributed by atoms with E-state index < -0.39 is 0 Å². The van der Waals surface area contributed by atoms with Gasteiger partial charge in [0.2, 0.25) is 0 Å². The van der Waals surface area contributed by atoms with Gasteiger partial charge in [-0.3, -0.25) is 4.79 Å². The number of hydrogen-bond donors (Lipinski definition) is 1.